The second-order valence-corrected chi connectivity index (χ2v) is 10.1. The van der Waals surface area contributed by atoms with Crippen LogP contribution in [0.15, 0.2) is 77.3 Å². The minimum absolute atomic E-state index is 0.194. The number of unbranched alkanes of at least 4 members (excludes halogenated alkanes) is 1. The predicted molar refractivity (Wildman–Crippen MR) is 149 cm³/mol. The molecule has 3 aromatic carbocycles. The molecule has 0 aliphatic heterocycles. The minimum atomic E-state index is -0.722. The number of amides is 2. The highest BCUT2D eigenvalue weighted by atomic mass is 79.9. The fourth-order valence-electron chi connectivity index (χ4n) is 3.71. The molecule has 2 amide bonds. The third-order valence-electron chi connectivity index (χ3n) is 5.59. The molecule has 0 spiro atoms. The summed E-state index contributed by atoms with van der Waals surface area (Å²) in [6.45, 7) is 2.59. The lowest BCUT2D eigenvalue weighted by Crippen LogP contribution is -2.51. The number of hydrogen-bond acceptors (Lipinski definition) is 3. The van der Waals surface area contributed by atoms with Gasteiger partial charge in [-0.3, -0.25) is 9.59 Å². The van der Waals surface area contributed by atoms with Gasteiger partial charge < -0.3 is 15.0 Å². The van der Waals surface area contributed by atoms with Gasteiger partial charge in [0, 0.05) is 29.0 Å². The maximum atomic E-state index is 13.6. The minimum Gasteiger partial charge on any atom is -0.482 e. The van der Waals surface area contributed by atoms with Crippen molar-refractivity contribution in [3.63, 3.8) is 0 Å². The van der Waals surface area contributed by atoms with Crippen LogP contribution in [0.4, 0.5) is 0 Å². The first-order valence-corrected chi connectivity index (χ1v) is 13.4. The molecule has 0 bridgehead atoms. The average molecular weight is 592 g/mol. The van der Waals surface area contributed by atoms with E-state index >= 15 is 0 Å². The van der Waals surface area contributed by atoms with Gasteiger partial charge in [0.1, 0.15) is 11.8 Å². The second-order valence-electron chi connectivity index (χ2n) is 8.37. The maximum Gasteiger partial charge on any atom is 0.261 e. The number of nitrogens with zero attached hydrogens (tertiary/aromatic N) is 1. The van der Waals surface area contributed by atoms with Gasteiger partial charge in [-0.25, -0.2) is 0 Å². The van der Waals surface area contributed by atoms with E-state index in [2.05, 4.69) is 28.2 Å². The first kappa shape index (κ1) is 28.0. The first-order valence-electron chi connectivity index (χ1n) is 11.8. The molecule has 0 aromatic heterocycles. The molecule has 1 atom stereocenters. The van der Waals surface area contributed by atoms with Crippen LogP contribution in [0.2, 0.25) is 10.0 Å². The zero-order valence-corrected chi connectivity index (χ0v) is 23.2. The molecule has 1 N–H and O–H groups in total. The van der Waals surface area contributed by atoms with Crippen LogP contribution in [0.1, 0.15) is 30.9 Å². The van der Waals surface area contributed by atoms with Gasteiger partial charge in [0.15, 0.2) is 6.61 Å². The van der Waals surface area contributed by atoms with Crippen LogP contribution in [0, 0.1) is 0 Å². The number of benzene rings is 3. The molecule has 0 fully saturated rings. The molecule has 0 aliphatic carbocycles. The summed E-state index contributed by atoms with van der Waals surface area (Å²) in [5, 5.41) is 3.79. The molecule has 0 aliphatic rings. The normalized spacial score (nSPS) is 11.6. The molecule has 0 saturated heterocycles. The largest absolute Gasteiger partial charge is 0.482 e. The number of carbonyl (C=O) groups is 2. The molecule has 3 aromatic rings. The molecule has 0 radical (unpaired) electrons. The Labute approximate surface area is 230 Å². The topological polar surface area (TPSA) is 58.6 Å². The highest BCUT2D eigenvalue weighted by Gasteiger charge is 2.30. The van der Waals surface area contributed by atoms with Crippen molar-refractivity contribution in [3.05, 3.63) is 98.4 Å². The van der Waals surface area contributed by atoms with E-state index in [0.717, 1.165) is 28.4 Å². The van der Waals surface area contributed by atoms with Crippen LogP contribution in [0.25, 0.3) is 0 Å². The van der Waals surface area contributed by atoms with Crippen LogP contribution in [0.5, 0.6) is 5.75 Å². The molecule has 190 valence electrons. The van der Waals surface area contributed by atoms with Gasteiger partial charge in [0.25, 0.3) is 5.91 Å². The number of halogens is 3. The zero-order chi connectivity index (χ0) is 25.9. The van der Waals surface area contributed by atoms with Gasteiger partial charge in [-0.15, -0.1) is 0 Å². The summed E-state index contributed by atoms with van der Waals surface area (Å²) in [6.07, 6.45) is 2.20. The maximum absolute atomic E-state index is 13.6. The molecular weight excluding hydrogens is 563 g/mol. The van der Waals surface area contributed by atoms with Crippen molar-refractivity contribution < 1.29 is 14.3 Å². The predicted octanol–water partition coefficient (Wildman–Crippen LogP) is 6.69. The summed E-state index contributed by atoms with van der Waals surface area (Å²) in [4.78, 5) is 28.6. The van der Waals surface area contributed by atoms with Gasteiger partial charge in [0.05, 0.1) is 5.02 Å². The SMILES string of the molecule is CCCCNC(=O)C(Cc1ccccc1)N(Cc1cccc(Br)c1)C(=O)COc1ccc(Cl)cc1Cl. The van der Waals surface area contributed by atoms with E-state index in [-0.39, 0.29) is 25.0 Å². The Kier molecular flexibility index (Phi) is 11.1. The van der Waals surface area contributed by atoms with Crippen molar-refractivity contribution in [2.45, 2.75) is 38.8 Å². The Hall–Kier alpha value is -2.54. The summed E-state index contributed by atoms with van der Waals surface area (Å²) in [5.41, 5.74) is 1.85. The van der Waals surface area contributed by atoms with E-state index in [9.17, 15) is 9.59 Å². The lowest BCUT2D eigenvalue weighted by atomic mass is 10.0. The third kappa shape index (κ3) is 8.54. The van der Waals surface area contributed by atoms with Crippen molar-refractivity contribution >= 4 is 50.9 Å². The molecule has 36 heavy (non-hydrogen) atoms. The van der Waals surface area contributed by atoms with Crippen molar-refractivity contribution in [2.75, 3.05) is 13.2 Å². The molecule has 8 heteroatoms. The fourth-order valence-corrected chi connectivity index (χ4v) is 4.62. The number of ether oxygens (including phenoxy) is 1. The molecule has 0 saturated carbocycles. The Morgan fingerprint density at radius 2 is 1.75 bits per heavy atom. The molecule has 1 unspecified atom stereocenters. The van der Waals surface area contributed by atoms with E-state index in [1.807, 2.05) is 54.6 Å². The summed E-state index contributed by atoms with van der Waals surface area (Å²) in [7, 11) is 0. The molecule has 3 rings (SSSR count). The van der Waals surface area contributed by atoms with Crippen LogP contribution in [-0.2, 0) is 22.6 Å². The van der Waals surface area contributed by atoms with Crippen molar-refractivity contribution in [1.29, 1.82) is 0 Å². The summed E-state index contributed by atoms with van der Waals surface area (Å²) in [5.74, 6) is -0.170. The van der Waals surface area contributed by atoms with Crippen molar-refractivity contribution in [2.24, 2.45) is 0 Å². The molecule has 0 heterocycles. The quantitative estimate of drug-likeness (QED) is 0.239. The van der Waals surface area contributed by atoms with Crippen LogP contribution >= 0.6 is 39.1 Å². The fraction of sp³-hybridized carbons (Fsp3) is 0.286. The monoisotopic (exact) mass is 590 g/mol. The Bertz CT molecular complexity index is 1160. The lowest BCUT2D eigenvalue weighted by Gasteiger charge is -2.31. The van der Waals surface area contributed by atoms with E-state index in [1.165, 1.54) is 0 Å². The number of hydrogen-bond donors (Lipinski definition) is 1. The van der Waals surface area contributed by atoms with E-state index in [4.69, 9.17) is 27.9 Å². The third-order valence-corrected chi connectivity index (χ3v) is 6.61. The standard InChI is InChI=1S/C28H29BrCl2N2O3/c1-2-3-14-32-28(35)25(16-20-8-5-4-6-9-20)33(18-21-10-7-11-22(29)15-21)27(34)19-36-26-13-12-23(30)17-24(26)31/h4-13,15,17,25H,2-3,14,16,18-19H2,1H3,(H,32,35). The smallest absolute Gasteiger partial charge is 0.261 e. The van der Waals surface area contributed by atoms with Gasteiger partial charge in [0.2, 0.25) is 5.91 Å². The average Bonchev–Trinajstić information content (AvgIpc) is 2.86. The Morgan fingerprint density at radius 3 is 2.44 bits per heavy atom. The number of rotatable bonds is 12. The van der Waals surface area contributed by atoms with E-state index in [0.29, 0.717) is 28.8 Å². The van der Waals surface area contributed by atoms with Crippen molar-refractivity contribution in [1.82, 2.24) is 10.2 Å². The van der Waals surface area contributed by atoms with Gasteiger partial charge >= 0.3 is 0 Å². The Balaban J connectivity index is 1.89. The van der Waals surface area contributed by atoms with Crippen LogP contribution in [-0.4, -0.2) is 35.9 Å². The van der Waals surface area contributed by atoms with Gasteiger partial charge in [-0.1, -0.05) is 94.9 Å². The number of nitrogens with one attached hydrogen (secondary N) is 1. The molecule has 5 nitrogen and oxygen atoms in total. The van der Waals surface area contributed by atoms with Gasteiger partial charge in [-0.05, 0) is 47.9 Å². The van der Waals surface area contributed by atoms with Crippen LogP contribution in [0.3, 0.4) is 0 Å². The highest BCUT2D eigenvalue weighted by Crippen LogP contribution is 2.27. The second kappa shape index (κ2) is 14.3. The van der Waals surface area contributed by atoms with E-state index < -0.39 is 6.04 Å². The first-order chi connectivity index (χ1) is 17.4. The van der Waals surface area contributed by atoms with Crippen LogP contribution < -0.4 is 10.1 Å². The zero-order valence-electron chi connectivity index (χ0n) is 20.1. The number of carbonyl (C=O) groups excluding carboxylic acids is 2. The summed E-state index contributed by atoms with van der Waals surface area (Å²) >= 11 is 15.7. The summed E-state index contributed by atoms with van der Waals surface area (Å²) < 4.78 is 6.64. The highest BCUT2D eigenvalue weighted by molar-refractivity contribution is 9.10. The van der Waals surface area contributed by atoms with E-state index in [1.54, 1.807) is 23.1 Å². The molecular formula is C28H29BrCl2N2O3. The summed E-state index contributed by atoms with van der Waals surface area (Å²) in [6, 6.07) is 21.5. The van der Waals surface area contributed by atoms with Gasteiger partial charge in [-0.2, -0.15) is 0 Å². The Morgan fingerprint density at radius 1 is 1.00 bits per heavy atom. The lowest BCUT2D eigenvalue weighted by molar-refractivity contribution is -0.142. The van der Waals surface area contributed by atoms with Crippen molar-refractivity contribution in [3.8, 4) is 5.75 Å².